The Kier molecular flexibility index (Phi) is 4.79. The summed E-state index contributed by atoms with van der Waals surface area (Å²) in [6.45, 7) is 0. The Hall–Kier alpha value is -4.72. The molecule has 206 valence electrons. The van der Waals surface area contributed by atoms with Crippen molar-refractivity contribution in [1.29, 1.82) is 0 Å². The summed E-state index contributed by atoms with van der Waals surface area (Å²) < 4.78 is 0. The predicted molar refractivity (Wildman–Crippen MR) is 153 cm³/mol. The lowest BCUT2D eigenvalue weighted by Crippen LogP contribution is -2.32. The molecule has 1 aromatic heterocycles. The van der Waals surface area contributed by atoms with Crippen molar-refractivity contribution >= 4 is 35.0 Å². The molecule has 3 aromatic rings. The van der Waals surface area contributed by atoms with Gasteiger partial charge in [0.1, 0.15) is 0 Å². The average molecular weight is 555 g/mol. The summed E-state index contributed by atoms with van der Waals surface area (Å²) >= 11 is 0. The third kappa shape index (κ3) is 3.12. The van der Waals surface area contributed by atoms with Gasteiger partial charge in [0.05, 0.1) is 40.7 Å². The van der Waals surface area contributed by atoms with Crippen LogP contribution in [-0.4, -0.2) is 33.6 Å². The molecule has 0 spiro atoms. The zero-order valence-electron chi connectivity index (χ0n) is 22.5. The first-order valence-electron chi connectivity index (χ1n) is 14.6. The Morgan fingerprint density at radius 1 is 0.524 bits per heavy atom. The zero-order valence-corrected chi connectivity index (χ0v) is 22.5. The van der Waals surface area contributed by atoms with Crippen LogP contribution < -0.4 is 9.80 Å². The van der Waals surface area contributed by atoms with Crippen LogP contribution in [0.15, 0.2) is 85.1 Å². The van der Waals surface area contributed by atoms with Gasteiger partial charge in [-0.25, -0.2) is 9.97 Å². The number of carbonyl (C=O) groups excluding carboxylic acids is 4. The van der Waals surface area contributed by atoms with E-state index in [1.807, 2.05) is 30.3 Å². The minimum atomic E-state index is -0.230. The van der Waals surface area contributed by atoms with Crippen molar-refractivity contribution < 1.29 is 19.2 Å². The van der Waals surface area contributed by atoms with E-state index in [1.165, 1.54) is 9.80 Å². The van der Waals surface area contributed by atoms with Crippen LogP contribution in [0.25, 0.3) is 22.6 Å². The Labute approximate surface area is 241 Å². The van der Waals surface area contributed by atoms with Crippen LogP contribution in [0.2, 0.25) is 0 Å². The number of anilines is 2. The number of rotatable bonds is 4. The summed E-state index contributed by atoms with van der Waals surface area (Å²) in [5.74, 6) is -0.0616. The van der Waals surface area contributed by atoms with Crippen LogP contribution in [0, 0.1) is 47.3 Å². The SMILES string of the molecule is O=C1[C@@H]2[C@@H](C(=O)N1c1ccc(-c3ccnc(-c4ccc(N5C(=O)[C@@H]6[C@H](C5=O)[C@@H]5C=C[C@H]6C5)cc4)n3)cc1)[C@H]1C=C[C@H]2C1. The summed E-state index contributed by atoms with van der Waals surface area (Å²) in [7, 11) is 0. The van der Waals surface area contributed by atoms with Crippen molar-refractivity contribution in [2.45, 2.75) is 12.8 Å². The number of aromatic nitrogens is 2. The molecule has 0 radical (unpaired) electrons. The van der Waals surface area contributed by atoms with Gasteiger partial charge in [0.25, 0.3) is 0 Å². The maximum atomic E-state index is 13.2. The van der Waals surface area contributed by atoms with Crippen LogP contribution in [0.5, 0.6) is 0 Å². The van der Waals surface area contributed by atoms with Crippen molar-refractivity contribution in [2.24, 2.45) is 47.3 Å². The lowest BCUT2D eigenvalue weighted by Gasteiger charge is -2.18. The molecule has 0 unspecified atom stereocenters. The fourth-order valence-corrected chi connectivity index (χ4v) is 8.51. The summed E-state index contributed by atoms with van der Waals surface area (Å²) in [5, 5.41) is 0. The van der Waals surface area contributed by atoms with E-state index in [1.54, 1.807) is 30.5 Å². The van der Waals surface area contributed by atoms with E-state index in [2.05, 4.69) is 29.3 Å². The quantitative estimate of drug-likeness (QED) is 0.349. The van der Waals surface area contributed by atoms with Crippen LogP contribution in [0.4, 0.5) is 11.4 Å². The summed E-state index contributed by atoms with van der Waals surface area (Å²) in [4.78, 5) is 64.6. The van der Waals surface area contributed by atoms with Crippen molar-refractivity contribution in [2.75, 3.05) is 9.80 Å². The Bertz CT molecular complexity index is 1590. The molecule has 4 amide bonds. The second-order valence-corrected chi connectivity index (χ2v) is 12.4. The van der Waals surface area contributed by atoms with E-state index in [0.29, 0.717) is 22.9 Å². The molecule has 8 atom stereocenters. The van der Waals surface area contributed by atoms with Crippen molar-refractivity contribution in [3.63, 3.8) is 0 Å². The first-order valence-corrected chi connectivity index (χ1v) is 14.6. The molecule has 8 nitrogen and oxygen atoms in total. The normalized spacial score (nSPS) is 33.4. The lowest BCUT2D eigenvalue weighted by molar-refractivity contribution is -0.124. The van der Waals surface area contributed by atoms with E-state index in [0.717, 1.165) is 24.0 Å². The van der Waals surface area contributed by atoms with Crippen molar-refractivity contribution in [3.8, 4) is 22.6 Å². The molecular weight excluding hydrogens is 528 g/mol. The molecule has 2 aromatic carbocycles. The highest BCUT2D eigenvalue weighted by Gasteiger charge is 2.60. The first kappa shape index (κ1) is 23.9. The van der Waals surface area contributed by atoms with Gasteiger partial charge >= 0.3 is 0 Å². The standard InChI is InChI=1S/C34H26N4O4/c39-31-26-19-1-2-20(15-19)27(26)32(40)37(31)23-9-5-17(6-10-23)25-13-14-35-30(36-25)18-7-11-24(12-8-18)38-33(41)28-21-3-4-22(16-21)29(28)34(38)42/h1-14,19-22,26-29H,15-16H2/t19-,20-,21-,22+,26-,27-,28-,29+/m0/s1. The summed E-state index contributed by atoms with van der Waals surface area (Å²) in [6, 6.07) is 16.4. The number of fused-ring (bicyclic) bond motifs is 10. The molecule has 6 aliphatic rings. The number of benzene rings is 2. The molecule has 3 heterocycles. The van der Waals surface area contributed by atoms with Gasteiger partial charge in [-0.15, -0.1) is 0 Å². The predicted octanol–water partition coefficient (Wildman–Crippen LogP) is 4.43. The highest BCUT2D eigenvalue weighted by Crippen LogP contribution is 2.54. The number of imide groups is 2. The largest absolute Gasteiger partial charge is 0.274 e. The number of hydrogen-bond acceptors (Lipinski definition) is 6. The smallest absolute Gasteiger partial charge is 0.238 e. The summed E-state index contributed by atoms with van der Waals surface area (Å²) in [5.41, 5.74) is 3.47. The minimum absolute atomic E-state index is 0.0908. The Morgan fingerprint density at radius 2 is 0.929 bits per heavy atom. The third-order valence-electron chi connectivity index (χ3n) is 10.4. The maximum Gasteiger partial charge on any atom is 0.238 e. The molecule has 42 heavy (non-hydrogen) atoms. The van der Waals surface area contributed by atoms with E-state index < -0.39 is 0 Å². The highest BCUT2D eigenvalue weighted by molar-refractivity contribution is 6.23. The van der Waals surface area contributed by atoms with Gasteiger partial charge < -0.3 is 0 Å². The maximum absolute atomic E-state index is 13.2. The van der Waals surface area contributed by atoms with Gasteiger partial charge in [-0.1, -0.05) is 36.4 Å². The highest BCUT2D eigenvalue weighted by atomic mass is 16.2. The molecular formula is C34H26N4O4. The van der Waals surface area contributed by atoms with Gasteiger partial charge in [0, 0.05) is 17.3 Å². The number of allylic oxidation sites excluding steroid dienone is 4. The van der Waals surface area contributed by atoms with Crippen LogP contribution in [0.1, 0.15) is 12.8 Å². The number of nitrogens with zero attached hydrogens (tertiary/aromatic N) is 4. The lowest BCUT2D eigenvalue weighted by atomic mass is 9.85. The van der Waals surface area contributed by atoms with Crippen molar-refractivity contribution in [1.82, 2.24) is 9.97 Å². The molecule has 4 aliphatic carbocycles. The topological polar surface area (TPSA) is 101 Å². The van der Waals surface area contributed by atoms with Gasteiger partial charge in [-0.2, -0.15) is 0 Å². The monoisotopic (exact) mass is 554 g/mol. The van der Waals surface area contributed by atoms with Gasteiger partial charge in [0.15, 0.2) is 5.82 Å². The molecule has 9 rings (SSSR count). The number of hydrogen-bond donors (Lipinski definition) is 0. The van der Waals surface area contributed by atoms with Crippen LogP contribution in [-0.2, 0) is 19.2 Å². The van der Waals surface area contributed by atoms with Crippen LogP contribution in [0.3, 0.4) is 0 Å². The van der Waals surface area contributed by atoms with Gasteiger partial charge in [-0.05, 0) is 79.0 Å². The zero-order chi connectivity index (χ0) is 28.3. The fraction of sp³-hybridized carbons (Fsp3) is 0.294. The van der Waals surface area contributed by atoms with Crippen LogP contribution >= 0.6 is 0 Å². The van der Waals surface area contributed by atoms with E-state index in [9.17, 15) is 19.2 Å². The van der Waals surface area contributed by atoms with Gasteiger partial charge in [0.2, 0.25) is 23.6 Å². The van der Waals surface area contributed by atoms with E-state index in [-0.39, 0.29) is 71.0 Å². The second kappa shape index (κ2) is 8.41. The molecule has 8 heteroatoms. The minimum Gasteiger partial charge on any atom is -0.274 e. The van der Waals surface area contributed by atoms with Gasteiger partial charge in [-0.3, -0.25) is 29.0 Å². The molecule has 2 saturated carbocycles. The molecule has 2 aliphatic heterocycles. The fourth-order valence-electron chi connectivity index (χ4n) is 8.51. The second-order valence-electron chi connectivity index (χ2n) is 12.4. The number of amides is 4. The van der Waals surface area contributed by atoms with E-state index >= 15 is 0 Å². The average Bonchev–Trinajstić information content (AvgIpc) is 3.87. The molecule has 4 fully saturated rings. The first-order chi connectivity index (χ1) is 20.5. The Morgan fingerprint density at radius 3 is 1.36 bits per heavy atom. The summed E-state index contributed by atoms with van der Waals surface area (Å²) in [6.07, 6.45) is 11.9. The van der Waals surface area contributed by atoms with Crippen molar-refractivity contribution in [3.05, 3.63) is 85.1 Å². The molecule has 2 saturated heterocycles. The molecule has 4 bridgehead atoms. The third-order valence-corrected chi connectivity index (χ3v) is 10.4. The number of carbonyl (C=O) groups is 4. The van der Waals surface area contributed by atoms with E-state index in [4.69, 9.17) is 4.98 Å². The molecule has 0 N–H and O–H groups in total. The Balaban J connectivity index is 0.948.